The lowest BCUT2D eigenvalue weighted by molar-refractivity contribution is -0.143. The number of benzene rings is 2. The first-order valence-electron chi connectivity index (χ1n) is 17.9. The number of piperidine rings is 1. The summed E-state index contributed by atoms with van der Waals surface area (Å²) in [5.41, 5.74) is 5.17. The minimum Gasteiger partial charge on any atom is -0.481 e. The van der Waals surface area contributed by atoms with Gasteiger partial charge in [-0.3, -0.25) is 9.69 Å². The van der Waals surface area contributed by atoms with E-state index in [0.717, 1.165) is 75.6 Å². The fraction of sp³-hybridized carbons (Fsp3) is 0.564. The zero-order valence-corrected chi connectivity index (χ0v) is 27.7. The molecular formula is C39H51N5O2. The minimum absolute atomic E-state index is 0.142. The maximum absolute atomic E-state index is 11.6. The van der Waals surface area contributed by atoms with Gasteiger partial charge in [0.05, 0.1) is 17.7 Å². The Morgan fingerprint density at radius 1 is 0.978 bits per heavy atom. The highest BCUT2D eigenvalue weighted by molar-refractivity contribution is 5.70. The predicted molar refractivity (Wildman–Crippen MR) is 184 cm³/mol. The van der Waals surface area contributed by atoms with E-state index in [-0.39, 0.29) is 18.0 Å². The Balaban J connectivity index is 1.21. The highest BCUT2D eigenvalue weighted by Gasteiger charge is 2.39. The van der Waals surface area contributed by atoms with E-state index < -0.39 is 5.97 Å². The predicted octanol–water partition coefficient (Wildman–Crippen LogP) is 7.49. The summed E-state index contributed by atoms with van der Waals surface area (Å²) in [5.74, 6) is 2.72. The van der Waals surface area contributed by atoms with E-state index >= 15 is 0 Å². The number of anilines is 2. The summed E-state index contributed by atoms with van der Waals surface area (Å²) < 4.78 is 0. The molecule has 2 heterocycles. The van der Waals surface area contributed by atoms with Crippen LogP contribution in [0.15, 0.2) is 60.7 Å². The number of carbonyl (C=O) groups is 1. The molecule has 1 aromatic heterocycles. The zero-order chi connectivity index (χ0) is 31.6. The number of fused-ring (bicyclic) bond motifs is 3. The third-order valence-electron chi connectivity index (χ3n) is 11.9. The van der Waals surface area contributed by atoms with Crippen molar-refractivity contribution < 1.29 is 9.90 Å². The first-order valence-corrected chi connectivity index (χ1v) is 17.9. The number of aryl methyl sites for hydroxylation is 1. The van der Waals surface area contributed by atoms with Crippen LogP contribution in [0.2, 0.25) is 0 Å². The molecule has 3 aromatic rings. The summed E-state index contributed by atoms with van der Waals surface area (Å²) in [6.07, 6.45) is 11.5. The molecule has 2 saturated carbocycles. The first kappa shape index (κ1) is 31.2. The van der Waals surface area contributed by atoms with Crippen molar-refractivity contribution in [3.05, 3.63) is 83.0 Å². The van der Waals surface area contributed by atoms with Crippen molar-refractivity contribution in [2.45, 2.75) is 102 Å². The lowest BCUT2D eigenvalue weighted by atomic mass is 9.77. The maximum atomic E-state index is 11.6. The summed E-state index contributed by atoms with van der Waals surface area (Å²) in [7, 11) is 2.16. The Morgan fingerprint density at radius 3 is 2.37 bits per heavy atom. The van der Waals surface area contributed by atoms with Crippen LogP contribution in [0.3, 0.4) is 0 Å². The number of hydrogen-bond donors (Lipinski definition) is 2. The van der Waals surface area contributed by atoms with Crippen molar-refractivity contribution in [1.82, 2.24) is 14.9 Å². The summed E-state index contributed by atoms with van der Waals surface area (Å²) in [6.45, 7) is 4.45. The van der Waals surface area contributed by atoms with Crippen molar-refractivity contribution in [3.63, 3.8) is 0 Å². The average molecular weight is 622 g/mol. The van der Waals surface area contributed by atoms with E-state index in [4.69, 9.17) is 9.97 Å². The lowest BCUT2D eigenvalue weighted by Crippen LogP contribution is -2.41. The van der Waals surface area contributed by atoms with Gasteiger partial charge in [0, 0.05) is 37.8 Å². The summed E-state index contributed by atoms with van der Waals surface area (Å²) in [5, 5.41) is 13.6. The third-order valence-corrected chi connectivity index (χ3v) is 11.9. The summed E-state index contributed by atoms with van der Waals surface area (Å²) in [6, 6.07) is 23.0. The molecule has 4 aliphatic rings. The molecule has 1 saturated heterocycles. The minimum atomic E-state index is -0.642. The molecule has 3 aliphatic carbocycles. The summed E-state index contributed by atoms with van der Waals surface area (Å²) in [4.78, 5) is 27.4. The highest BCUT2D eigenvalue weighted by Crippen LogP contribution is 2.41. The molecule has 2 bridgehead atoms. The number of hydrogen-bond acceptors (Lipinski definition) is 6. The molecule has 1 aliphatic heterocycles. The van der Waals surface area contributed by atoms with Gasteiger partial charge in [0.25, 0.3) is 0 Å². The summed E-state index contributed by atoms with van der Waals surface area (Å²) >= 11 is 0. The Hall–Kier alpha value is -3.45. The van der Waals surface area contributed by atoms with Crippen LogP contribution in [0.5, 0.6) is 0 Å². The van der Waals surface area contributed by atoms with E-state index in [9.17, 15) is 9.90 Å². The molecule has 244 valence electrons. The monoisotopic (exact) mass is 621 g/mol. The largest absolute Gasteiger partial charge is 0.481 e. The third kappa shape index (κ3) is 6.53. The Kier molecular flexibility index (Phi) is 9.30. The van der Waals surface area contributed by atoms with Crippen molar-refractivity contribution in [1.29, 1.82) is 0 Å². The highest BCUT2D eigenvalue weighted by atomic mass is 16.4. The molecule has 0 amide bonds. The molecule has 46 heavy (non-hydrogen) atoms. The van der Waals surface area contributed by atoms with Crippen LogP contribution in [-0.4, -0.2) is 58.2 Å². The molecule has 0 radical (unpaired) electrons. The average Bonchev–Trinajstić information content (AvgIpc) is 3.73. The molecule has 5 atom stereocenters. The van der Waals surface area contributed by atoms with Crippen LogP contribution >= 0.6 is 0 Å². The lowest BCUT2D eigenvalue weighted by Gasteiger charge is -2.38. The van der Waals surface area contributed by atoms with Crippen molar-refractivity contribution >= 4 is 17.7 Å². The van der Waals surface area contributed by atoms with Crippen molar-refractivity contribution in [3.8, 4) is 0 Å². The van der Waals surface area contributed by atoms with E-state index in [2.05, 4.69) is 89.8 Å². The van der Waals surface area contributed by atoms with Crippen LogP contribution in [0, 0.1) is 17.8 Å². The second-order valence-electron chi connectivity index (χ2n) is 14.6. The fourth-order valence-electron chi connectivity index (χ4n) is 9.28. The quantitative estimate of drug-likeness (QED) is 0.230. The molecule has 0 spiro atoms. The topological polar surface area (TPSA) is 81.6 Å². The van der Waals surface area contributed by atoms with Gasteiger partial charge >= 0.3 is 5.97 Å². The van der Waals surface area contributed by atoms with Gasteiger partial charge in [-0.25, -0.2) is 4.98 Å². The van der Waals surface area contributed by atoms with Gasteiger partial charge in [0.2, 0.25) is 5.95 Å². The number of aromatic nitrogens is 2. The van der Waals surface area contributed by atoms with Gasteiger partial charge in [-0.15, -0.1) is 0 Å². The van der Waals surface area contributed by atoms with Gasteiger partial charge < -0.3 is 15.3 Å². The van der Waals surface area contributed by atoms with Gasteiger partial charge in [-0.05, 0) is 99.5 Å². The SMILES string of the molecule is CC[C@H](C1CCC(C(=O)O)CC1)N(C)c1nc2c(c(N[C@@H](CN3CC4CCC3C4)c3ccccc3)n1)C[C@H](c1ccccc1)CC2. The molecule has 7 nitrogen and oxygen atoms in total. The molecule has 2 unspecified atom stereocenters. The number of nitrogens with zero attached hydrogens (tertiary/aromatic N) is 4. The maximum Gasteiger partial charge on any atom is 0.306 e. The van der Waals surface area contributed by atoms with E-state index in [0.29, 0.717) is 17.9 Å². The number of carboxylic acids is 1. The van der Waals surface area contributed by atoms with Crippen LogP contribution in [0.4, 0.5) is 11.8 Å². The Labute approximate surface area is 274 Å². The molecule has 7 rings (SSSR count). The van der Waals surface area contributed by atoms with Crippen LogP contribution in [0.1, 0.15) is 99.1 Å². The molecular weight excluding hydrogens is 570 g/mol. The van der Waals surface area contributed by atoms with E-state index in [1.165, 1.54) is 48.2 Å². The molecule has 2 N–H and O–H groups in total. The second kappa shape index (κ2) is 13.7. The molecule has 3 fully saturated rings. The number of nitrogens with one attached hydrogen (secondary N) is 1. The second-order valence-corrected chi connectivity index (χ2v) is 14.6. The number of likely N-dealkylation sites (tertiary alicyclic amines) is 1. The normalized spacial score (nSPS) is 27.1. The first-order chi connectivity index (χ1) is 22.5. The number of rotatable bonds is 11. The number of aliphatic carboxylic acids is 1. The molecule has 2 aromatic carbocycles. The fourth-order valence-corrected chi connectivity index (χ4v) is 9.28. The van der Waals surface area contributed by atoms with Gasteiger partial charge in [0.15, 0.2) is 0 Å². The van der Waals surface area contributed by atoms with Crippen molar-refractivity contribution in [2.24, 2.45) is 17.8 Å². The standard InChI is InChI=1S/C39H51N5O2/c1-3-36(29-15-17-30(18-16-29)38(45)46)43(2)39-41-34-21-19-31(27-10-6-4-7-11-27)23-33(34)37(42-39)40-35(28-12-8-5-9-13-28)25-44-24-26-14-20-32(44)22-26/h4-13,26,29-32,35-36H,3,14-25H2,1-2H3,(H,45,46)(H,40,41,42)/t26?,29?,30?,31-,32?,35+,36-/m1/s1. The van der Waals surface area contributed by atoms with E-state index in [1.807, 2.05) is 0 Å². The van der Waals surface area contributed by atoms with Crippen LogP contribution < -0.4 is 10.2 Å². The van der Waals surface area contributed by atoms with Gasteiger partial charge in [-0.2, -0.15) is 4.98 Å². The van der Waals surface area contributed by atoms with E-state index in [1.54, 1.807) is 0 Å². The molecule has 7 heteroatoms. The smallest absolute Gasteiger partial charge is 0.306 e. The van der Waals surface area contributed by atoms with Crippen LogP contribution in [-0.2, 0) is 17.6 Å². The zero-order valence-electron chi connectivity index (χ0n) is 27.7. The number of carboxylic acid groups (broad SMARTS) is 1. The van der Waals surface area contributed by atoms with Crippen LogP contribution in [0.25, 0.3) is 0 Å². The van der Waals surface area contributed by atoms with Gasteiger partial charge in [-0.1, -0.05) is 67.6 Å². The Morgan fingerprint density at radius 2 is 1.72 bits per heavy atom. The van der Waals surface area contributed by atoms with Gasteiger partial charge in [0.1, 0.15) is 5.82 Å². The Bertz CT molecular complexity index is 1470. The van der Waals surface area contributed by atoms with Crippen molar-refractivity contribution in [2.75, 3.05) is 30.4 Å².